The SMILES string of the molecule is COc1ccc(C2CCN([C@@H]3CCN(Cc4ccc(C)c(C)c4)C3=O)CC2)cc1. The molecule has 2 aliphatic rings. The highest BCUT2D eigenvalue weighted by Crippen LogP contribution is 2.32. The summed E-state index contributed by atoms with van der Waals surface area (Å²) in [5.41, 5.74) is 5.23. The topological polar surface area (TPSA) is 32.8 Å². The number of aryl methyl sites for hydroxylation is 2. The van der Waals surface area contributed by atoms with Gasteiger partial charge in [-0.15, -0.1) is 0 Å². The number of carbonyl (C=O) groups is 1. The molecule has 0 aromatic heterocycles. The van der Waals surface area contributed by atoms with Gasteiger partial charge in [0.15, 0.2) is 0 Å². The van der Waals surface area contributed by atoms with Crippen LogP contribution in [0.4, 0.5) is 0 Å². The van der Waals surface area contributed by atoms with Gasteiger partial charge in [-0.3, -0.25) is 9.69 Å². The van der Waals surface area contributed by atoms with Crippen LogP contribution in [0, 0.1) is 13.8 Å². The maximum Gasteiger partial charge on any atom is 0.240 e. The first-order valence-electron chi connectivity index (χ1n) is 10.8. The minimum Gasteiger partial charge on any atom is -0.497 e. The van der Waals surface area contributed by atoms with E-state index in [4.69, 9.17) is 4.74 Å². The second-order valence-corrected chi connectivity index (χ2v) is 8.57. The lowest BCUT2D eigenvalue weighted by Crippen LogP contribution is -2.45. The van der Waals surface area contributed by atoms with Crippen LogP contribution < -0.4 is 4.74 Å². The minimum absolute atomic E-state index is 0.0679. The lowest BCUT2D eigenvalue weighted by atomic mass is 9.89. The third-order valence-electron chi connectivity index (χ3n) is 6.77. The molecule has 2 heterocycles. The summed E-state index contributed by atoms with van der Waals surface area (Å²) in [6, 6.07) is 15.1. The Hall–Kier alpha value is -2.33. The molecule has 29 heavy (non-hydrogen) atoms. The molecule has 4 rings (SSSR count). The zero-order chi connectivity index (χ0) is 20.4. The van der Waals surface area contributed by atoms with E-state index in [1.807, 2.05) is 17.0 Å². The number of likely N-dealkylation sites (tertiary alicyclic amines) is 2. The third kappa shape index (κ3) is 4.32. The molecule has 0 unspecified atom stereocenters. The van der Waals surface area contributed by atoms with E-state index in [0.29, 0.717) is 11.8 Å². The Morgan fingerprint density at radius 1 is 0.931 bits per heavy atom. The van der Waals surface area contributed by atoms with Crippen LogP contribution in [0.5, 0.6) is 5.75 Å². The lowest BCUT2D eigenvalue weighted by Gasteiger charge is -2.35. The number of methoxy groups -OCH3 is 1. The monoisotopic (exact) mass is 392 g/mol. The van der Waals surface area contributed by atoms with Crippen LogP contribution in [0.15, 0.2) is 42.5 Å². The van der Waals surface area contributed by atoms with Gasteiger partial charge in [0.1, 0.15) is 5.75 Å². The van der Waals surface area contributed by atoms with Gasteiger partial charge in [-0.05, 0) is 86.5 Å². The molecule has 2 aromatic carbocycles. The van der Waals surface area contributed by atoms with Crippen molar-refractivity contribution in [2.45, 2.75) is 51.6 Å². The highest BCUT2D eigenvalue weighted by Gasteiger charge is 2.37. The number of amides is 1. The lowest BCUT2D eigenvalue weighted by molar-refractivity contribution is -0.133. The van der Waals surface area contributed by atoms with Crippen LogP contribution in [0.1, 0.15) is 47.4 Å². The van der Waals surface area contributed by atoms with E-state index in [2.05, 4.69) is 49.1 Å². The molecule has 2 fully saturated rings. The number of hydrogen-bond acceptors (Lipinski definition) is 3. The van der Waals surface area contributed by atoms with E-state index >= 15 is 0 Å². The fraction of sp³-hybridized carbons (Fsp3) is 0.480. The van der Waals surface area contributed by atoms with Crippen molar-refractivity contribution in [3.63, 3.8) is 0 Å². The molecule has 4 heteroatoms. The van der Waals surface area contributed by atoms with Crippen molar-refractivity contribution in [3.8, 4) is 5.75 Å². The molecule has 4 nitrogen and oxygen atoms in total. The molecule has 0 bridgehead atoms. The first kappa shape index (κ1) is 20.0. The summed E-state index contributed by atoms with van der Waals surface area (Å²) in [6.07, 6.45) is 3.19. The molecule has 2 aliphatic heterocycles. The predicted molar refractivity (Wildman–Crippen MR) is 116 cm³/mol. The first-order valence-corrected chi connectivity index (χ1v) is 10.8. The highest BCUT2D eigenvalue weighted by atomic mass is 16.5. The largest absolute Gasteiger partial charge is 0.497 e. The molecule has 1 atom stereocenters. The molecule has 0 aliphatic carbocycles. The summed E-state index contributed by atoms with van der Waals surface area (Å²) in [6.45, 7) is 7.88. The van der Waals surface area contributed by atoms with E-state index in [1.165, 1.54) is 22.3 Å². The second kappa shape index (κ2) is 8.58. The van der Waals surface area contributed by atoms with Gasteiger partial charge in [0.25, 0.3) is 0 Å². The minimum atomic E-state index is 0.0679. The Morgan fingerprint density at radius 2 is 1.66 bits per heavy atom. The molecular formula is C25H32N2O2. The van der Waals surface area contributed by atoms with E-state index in [0.717, 1.165) is 51.2 Å². The average Bonchev–Trinajstić information content (AvgIpc) is 3.11. The van der Waals surface area contributed by atoms with E-state index in [-0.39, 0.29) is 6.04 Å². The van der Waals surface area contributed by atoms with Crippen molar-refractivity contribution >= 4 is 5.91 Å². The zero-order valence-corrected chi connectivity index (χ0v) is 17.9. The van der Waals surface area contributed by atoms with Crippen LogP contribution in [-0.2, 0) is 11.3 Å². The number of hydrogen-bond donors (Lipinski definition) is 0. The van der Waals surface area contributed by atoms with Crippen molar-refractivity contribution in [1.29, 1.82) is 0 Å². The molecule has 154 valence electrons. The van der Waals surface area contributed by atoms with Gasteiger partial charge in [0, 0.05) is 13.1 Å². The van der Waals surface area contributed by atoms with Crippen LogP contribution >= 0.6 is 0 Å². The third-order valence-corrected chi connectivity index (χ3v) is 6.77. The van der Waals surface area contributed by atoms with Gasteiger partial charge >= 0.3 is 0 Å². The summed E-state index contributed by atoms with van der Waals surface area (Å²) in [5.74, 6) is 1.80. The molecule has 0 radical (unpaired) electrons. The van der Waals surface area contributed by atoms with Gasteiger partial charge < -0.3 is 9.64 Å². The standard InChI is InChI=1S/C25H32N2O2/c1-18-4-5-20(16-19(18)2)17-27-15-12-24(25(27)28)26-13-10-22(11-14-26)21-6-8-23(29-3)9-7-21/h4-9,16,22,24H,10-15,17H2,1-3H3/t24-/m1/s1. The van der Waals surface area contributed by atoms with Crippen molar-refractivity contribution in [2.24, 2.45) is 0 Å². The van der Waals surface area contributed by atoms with Crippen LogP contribution in [-0.4, -0.2) is 48.5 Å². The number of rotatable bonds is 5. The Morgan fingerprint density at radius 3 is 2.31 bits per heavy atom. The number of nitrogens with zero attached hydrogens (tertiary/aromatic N) is 2. The zero-order valence-electron chi connectivity index (χ0n) is 17.9. The fourth-order valence-electron chi connectivity index (χ4n) is 4.76. The quantitative estimate of drug-likeness (QED) is 0.761. The molecule has 0 saturated carbocycles. The van der Waals surface area contributed by atoms with Gasteiger partial charge in [-0.25, -0.2) is 0 Å². The summed E-state index contributed by atoms with van der Waals surface area (Å²) in [4.78, 5) is 17.5. The summed E-state index contributed by atoms with van der Waals surface area (Å²) in [5, 5.41) is 0. The number of piperidine rings is 1. The van der Waals surface area contributed by atoms with E-state index < -0.39 is 0 Å². The molecule has 2 aromatic rings. The molecule has 0 spiro atoms. The molecule has 1 amide bonds. The maximum absolute atomic E-state index is 13.1. The van der Waals surface area contributed by atoms with Crippen LogP contribution in [0.25, 0.3) is 0 Å². The Balaban J connectivity index is 1.33. The predicted octanol–water partition coefficient (Wildman–Crippen LogP) is 4.29. The second-order valence-electron chi connectivity index (χ2n) is 8.57. The van der Waals surface area contributed by atoms with E-state index in [1.54, 1.807) is 7.11 Å². The van der Waals surface area contributed by atoms with Crippen molar-refractivity contribution in [3.05, 3.63) is 64.7 Å². The number of benzene rings is 2. The number of ether oxygens (including phenoxy) is 1. The molecule has 2 saturated heterocycles. The normalized spacial score (nSPS) is 21.0. The fourth-order valence-corrected chi connectivity index (χ4v) is 4.76. The van der Waals surface area contributed by atoms with Crippen molar-refractivity contribution in [1.82, 2.24) is 9.80 Å². The van der Waals surface area contributed by atoms with Crippen LogP contribution in [0.2, 0.25) is 0 Å². The highest BCUT2D eigenvalue weighted by molar-refractivity contribution is 5.84. The summed E-state index contributed by atoms with van der Waals surface area (Å²) >= 11 is 0. The summed E-state index contributed by atoms with van der Waals surface area (Å²) in [7, 11) is 1.70. The Bertz CT molecular complexity index is 854. The van der Waals surface area contributed by atoms with Crippen molar-refractivity contribution in [2.75, 3.05) is 26.7 Å². The van der Waals surface area contributed by atoms with Crippen LogP contribution in [0.3, 0.4) is 0 Å². The molecular weight excluding hydrogens is 360 g/mol. The van der Waals surface area contributed by atoms with Gasteiger partial charge in [0.2, 0.25) is 5.91 Å². The van der Waals surface area contributed by atoms with Crippen molar-refractivity contribution < 1.29 is 9.53 Å². The average molecular weight is 393 g/mol. The maximum atomic E-state index is 13.1. The molecule has 0 N–H and O–H groups in total. The van der Waals surface area contributed by atoms with Gasteiger partial charge in [0.05, 0.1) is 13.2 Å². The van der Waals surface area contributed by atoms with Gasteiger partial charge in [-0.2, -0.15) is 0 Å². The van der Waals surface area contributed by atoms with Gasteiger partial charge in [-0.1, -0.05) is 30.3 Å². The van der Waals surface area contributed by atoms with E-state index in [9.17, 15) is 4.79 Å². The Kier molecular flexibility index (Phi) is 5.91. The first-order chi connectivity index (χ1) is 14.0. The smallest absolute Gasteiger partial charge is 0.240 e. The summed E-state index contributed by atoms with van der Waals surface area (Å²) < 4.78 is 5.27. The Labute approximate surface area is 174 Å². The number of carbonyl (C=O) groups excluding carboxylic acids is 1.